The van der Waals surface area contributed by atoms with E-state index in [0.29, 0.717) is 10.8 Å². The van der Waals surface area contributed by atoms with Crippen LogP contribution < -0.4 is 16.5 Å². The van der Waals surface area contributed by atoms with E-state index in [1.54, 1.807) is 0 Å². The van der Waals surface area contributed by atoms with E-state index in [-0.39, 0.29) is 5.76 Å². The molecule has 88 valence electrons. The number of hydrogen-bond donors (Lipinski definition) is 0. The smallest absolute Gasteiger partial charge is 0.408 e. The molecule has 0 atom stereocenters. The molecule has 0 saturated carbocycles. The summed E-state index contributed by atoms with van der Waals surface area (Å²) in [6, 6.07) is 7.67. The molecule has 3 nitrogen and oxygen atoms in total. The van der Waals surface area contributed by atoms with Gasteiger partial charge in [0.25, 0.3) is 0 Å². The fraction of sp³-hybridized carbons (Fsp3) is 0.214. The maximum atomic E-state index is 11.8. The first-order valence-corrected chi connectivity index (χ1v) is 5.62. The average molecular weight is 229 g/mol. The Morgan fingerprint density at radius 2 is 2.12 bits per heavy atom. The largest absolute Gasteiger partial charge is 0.424 e. The van der Waals surface area contributed by atoms with Crippen LogP contribution in [-0.4, -0.2) is 4.57 Å². The molecular formula is C14H15NO2. The molecule has 0 spiro atoms. The maximum absolute atomic E-state index is 11.8. The molecule has 0 fully saturated rings. The quantitative estimate of drug-likeness (QED) is 0.779. The minimum Gasteiger partial charge on any atom is -0.408 e. The molecule has 0 N–H and O–H groups in total. The summed E-state index contributed by atoms with van der Waals surface area (Å²) < 4.78 is 6.70. The van der Waals surface area contributed by atoms with Gasteiger partial charge in [0.1, 0.15) is 0 Å². The molecule has 3 heteroatoms. The molecule has 0 bridgehead atoms. The molecule has 0 aliphatic heterocycles. The predicted octanol–water partition coefficient (Wildman–Crippen LogP) is 1.34. The third-order valence-corrected chi connectivity index (χ3v) is 2.68. The van der Waals surface area contributed by atoms with Crippen LogP contribution in [0.2, 0.25) is 0 Å². The van der Waals surface area contributed by atoms with Crippen LogP contribution in [0.4, 0.5) is 0 Å². The number of benzene rings is 1. The summed E-state index contributed by atoms with van der Waals surface area (Å²) in [5.74, 6) is -0.385. The van der Waals surface area contributed by atoms with Gasteiger partial charge < -0.3 is 4.42 Å². The Balaban J connectivity index is 2.79. The number of hydrogen-bond acceptors (Lipinski definition) is 2. The van der Waals surface area contributed by atoms with Crippen LogP contribution in [0.25, 0.3) is 18.3 Å². The van der Waals surface area contributed by atoms with E-state index < -0.39 is 0 Å². The van der Waals surface area contributed by atoms with Gasteiger partial charge >= 0.3 is 5.76 Å². The summed E-state index contributed by atoms with van der Waals surface area (Å²) in [5.41, 5.74) is 2.39. The van der Waals surface area contributed by atoms with E-state index >= 15 is 0 Å². The molecule has 17 heavy (non-hydrogen) atoms. The lowest BCUT2D eigenvalue weighted by Crippen LogP contribution is -2.29. The van der Waals surface area contributed by atoms with Gasteiger partial charge in [0.05, 0.1) is 11.0 Å². The first-order valence-electron chi connectivity index (χ1n) is 5.62. The zero-order valence-electron chi connectivity index (χ0n) is 10.1. The van der Waals surface area contributed by atoms with Gasteiger partial charge in [-0.05, 0) is 31.1 Å². The Morgan fingerprint density at radius 1 is 1.41 bits per heavy atom. The zero-order chi connectivity index (χ0) is 12.4. The highest BCUT2D eigenvalue weighted by Gasteiger charge is 2.07. The summed E-state index contributed by atoms with van der Waals surface area (Å²) >= 11 is 0. The van der Waals surface area contributed by atoms with Crippen LogP contribution in [0.1, 0.15) is 18.9 Å². The molecular weight excluding hydrogens is 214 g/mol. The van der Waals surface area contributed by atoms with Crippen LogP contribution in [-0.2, 0) is 0 Å². The van der Waals surface area contributed by atoms with Crippen molar-refractivity contribution in [1.29, 1.82) is 0 Å². The number of oxazole rings is 1. The van der Waals surface area contributed by atoms with E-state index in [4.69, 9.17) is 4.42 Å². The van der Waals surface area contributed by atoms with Gasteiger partial charge in [-0.2, -0.15) is 0 Å². The van der Waals surface area contributed by atoms with Crippen LogP contribution in [0.3, 0.4) is 0 Å². The maximum Gasteiger partial charge on any atom is 0.424 e. The third-order valence-electron chi connectivity index (χ3n) is 2.68. The van der Waals surface area contributed by atoms with Crippen LogP contribution in [0, 0.1) is 6.92 Å². The van der Waals surface area contributed by atoms with E-state index in [9.17, 15) is 4.79 Å². The summed E-state index contributed by atoms with van der Waals surface area (Å²) in [6.45, 7) is 7.86. The number of rotatable bonds is 2. The van der Waals surface area contributed by atoms with Crippen molar-refractivity contribution in [2.75, 3.05) is 0 Å². The van der Waals surface area contributed by atoms with Crippen molar-refractivity contribution in [1.82, 2.24) is 4.57 Å². The van der Waals surface area contributed by atoms with Gasteiger partial charge in [-0.25, -0.2) is 9.36 Å². The molecule has 0 unspecified atom stereocenters. The Morgan fingerprint density at radius 3 is 2.76 bits per heavy atom. The standard InChI is InChI=1S/C14H15NO2/c1-4-7-13-11(3)15(14(16)17-13)12-9-6-5-8-10(12)2/h5-9H,3-4H2,1-2H3/b13-7-. The predicted molar refractivity (Wildman–Crippen MR) is 68.6 cm³/mol. The second kappa shape index (κ2) is 4.45. The van der Waals surface area contributed by atoms with Crippen molar-refractivity contribution in [3.8, 4) is 5.69 Å². The van der Waals surface area contributed by atoms with Gasteiger partial charge in [0, 0.05) is 0 Å². The van der Waals surface area contributed by atoms with Crippen molar-refractivity contribution in [2.45, 2.75) is 20.3 Å². The SMILES string of the molecule is C=c1/c(=C/CC)oc(=O)n1-c1ccccc1C. The fourth-order valence-corrected chi connectivity index (χ4v) is 1.82. The lowest BCUT2D eigenvalue weighted by atomic mass is 10.2. The normalized spacial score (nSPS) is 12.0. The minimum atomic E-state index is -0.385. The second-order valence-corrected chi connectivity index (χ2v) is 3.91. The summed E-state index contributed by atoms with van der Waals surface area (Å²) in [7, 11) is 0. The molecule has 0 radical (unpaired) electrons. The Hall–Kier alpha value is -2.03. The molecule has 1 aromatic carbocycles. The minimum absolute atomic E-state index is 0.385. The highest BCUT2D eigenvalue weighted by atomic mass is 16.4. The molecule has 0 aliphatic rings. The van der Waals surface area contributed by atoms with Crippen LogP contribution in [0.15, 0.2) is 33.5 Å². The summed E-state index contributed by atoms with van der Waals surface area (Å²) in [5, 5.41) is 0.603. The average Bonchev–Trinajstić information content (AvgIpc) is 2.57. The van der Waals surface area contributed by atoms with E-state index in [1.807, 2.05) is 44.2 Å². The van der Waals surface area contributed by atoms with Crippen molar-refractivity contribution in [2.24, 2.45) is 0 Å². The summed E-state index contributed by atoms with van der Waals surface area (Å²) in [4.78, 5) is 11.8. The zero-order valence-corrected chi connectivity index (χ0v) is 10.1. The van der Waals surface area contributed by atoms with E-state index in [1.165, 1.54) is 4.57 Å². The second-order valence-electron chi connectivity index (χ2n) is 3.91. The Labute approximate surface area is 99.3 Å². The topological polar surface area (TPSA) is 35.1 Å². The molecule has 0 aliphatic carbocycles. The van der Waals surface area contributed by atoms with Gasteiger partial charge in [0.2, 0.25) is 0 Å². The number of aromatic nitrogens is 1. The highest BCUT2D eigenvalue weighted by Crippen LogP contribution is 2.08. The fourth-order valence-electron chi connectivity index (χ4n) is 1.82. The highest BCUT2D eigenvalue weighted by molar-refractivity contribution is 5.40. The summed E-state index contributed by atoms with van der Waals surface area (Å²) in [6.07, 6.45) is 2.67. The third kappa shape index (κ3) is 1.96. The number of aryl methyl sites for hydroxylation is 1. The van der Waals surface area contributed by atoms with Gasteiger partial charge in [0.15, 0.2) is 5.42 Å². The van der Waals surface area contributed by atoms with Crippen molar-refractivity contribution in [3.63, 3.8) is 0 Å². The monoisotopic (exact) mass is 229 g/mol. The number of para-hydroxylation sites is 1. The van der Waals surface area contributed by atoms with Gasteiger partial charge in [-0.15, -0.1) is 0 Å². The van der Waals surface area contributed by atoms with Crippen LogP contribution in [0.5, 0.6) is 0 Å². The van der Waals surface area contributed by atoms with Crippen molar-refractivity contribution < 1.29 is 4.42 Å². The lowest BCUT2D eigenvalue weighted by Gasteiger charge is -2.03. The molecule has 1 heterocycles. The van der Waals surface area contributed by atoms with Gasteiger partial charge in [-0.1, -0.05) is 31.7 Å². The van der Waals surface area contributed by atoms with Crippen molar-refractivity contribution >= 4 is 12.7 Å². The lowest BCUT2D eigenvalue weighted by molar-refractivity contribution is 0.476. The first-order chi connectivity index (χ1) is 8.15. The Kier molecular flexibility index (Phi) is 3.00. The molecule has 2 rings (SSSR count). The molecule has 1 aromatic heterocycles. The van der Waals surface area contributed by atoms with E-state index in [2.05, 4.69) is 6.58 Å². The molecule has 2 aromatic rings. The first kappa shape index (κ1) is 11.5. The Bertz CT molecular complexity index is 692. The molecule has 0 amide bonds. The molecule has 0 saturated heterocycles. The number of nitrogens with zero attached hydrogens (tertiary/aromatic N) is 1. The van der Waals surface area contributed by atoms with Crippen LogP contribution >= 0.6 is 0 Å². The van der Waals surface area contributed by atoms with E-state index in [0.717, 1.165) is 17.7 Å². The van der Waals surface area contributed by atoms with Gasteiger partial charge in [-0.3, -0.25) is 0 Å². The van der Waals surface area contributed by atoms with Crippen molar-refractivity contribution in [3.05, 3.63) is 51.1 Å².